The van der Waals surface area contributed by atoms with Crippen LogP contribution < -0.4 is 10.1 Å². The van der Waals surface area contributed by atoms with E-state index in [0.717, 1.165) is 5.56 Å². The van der Waals surface area contributed by atoms with Gasteiger partial charge in [0.15, 0.2) is 0 Å². The summed E-state index contributed by atoms with van der Waals surface area (Å²) in [5.41, 5.74) is 4.72. The van der Waals surface area contributed by atoms with Crippen molar-refractivity contribution in [2.45, 2.75) is 4.90 Å². The van der Waals surface area contributed by atoms with Gasteiger partial charge >= 0.3 is 0 Å². The van der Waals surface area contributed by atoms with E-state index >= 15 is 0 Å². The number of halogens is 1. The Morgan fingerprint density at radius 2 is 1.42 bits per heavy atom. The molecule has 0 saturated heterocycles. The lowest BCUT2D eigenvalue weighted by Gasteiger charge is -2.08. The van der Waals surface area contributed by atoms with Crippen LogP contribution in [-0.2, 0) is 10.0 Å². The monoisotopic (exact) mass is 369 g/mol. The van der Waals surface area contributed by atoms with Crippen LogP contribution in [0.5, 0.6) is 0 Å². The van der Waals surface area contributed by atoms with Crippen LogP contribution in [0.1, 0.15) is 5.56 Å². The Bertz CT molecular complexity index is 987. The third kappa shape index (κ3) is 4.67. The molecule has 0 radical (unpaired) electrons. The van der Waals surface area contributed by atoms with Gasteiger partial charge in [-0.15, -0.1) is 0 Å². The molecule has 0 unspecified atom stereocenters. The van der Waals surface area contributed by atoms with Gasteiger partial charge in [-0.3, -0.25) is 10.1 Å². The van der Waals surface area contributed by atoms with Gasteiger partial charge in [0.05, 0.1) is 16.8 Å². The number of sulfonamides is 1. The minimum Gasteiger partial charge on any atom is -0.280 e. The van der Waals surface area contributed by atoms with Crippen molar-refractivity contribution < 1.29 is 12.8 Å². The zero-order chi connectivity index (χ0) is 18.4. The van der Waals surface area contributed by atoms with Gasteiger partial charge in [0.1, 0.15) is 5.82 Å². The van der Waals surface area contributed by atoms with Crippen molar-refractivity contribution in [2.75, 3.05) is 10.1 Å². The van der Waals surface area contributed by atoms with Gasteiger partial charge in [0.25, 0.3) is 10.0 Å². The number of anilines is 2. The molecule has 0 aliphatic carbocycles. The van der Waals surface area contributed by atoms with Crippen molar-refractivity contribution in [1.29, 1.82) is 0 Å². The fourth-order valence-corrected chi connectivity index (χ4v) is 3.24. The first-order chi connectivity index (χ1) is 12.5. The molecular weight excluding hydrogens is 353 g/mol. The molecule has 0 aliphatic heterocycles. The van der Waals surface area contributed by atoms with Crippen LogP contribution >= 0.6 is 0 Å². The number of nitrogens with zero attached hydrogens (tertiary/aromatic N) is 1. The molecule has 0 aliphatic rings. The van der Waals surface area contributed by atoms with Crippen LogP contribution in [-0.4, -0.2) is 14.6 Å². The first-order valence-electron chi connectivity index (χ1n) is 7.75. The summed E-state index contributed by atoms with van der Waals surface area (Å²) >= 11 is 0. The molecule has 26 heavy (non-hydrogen) atoms. The van der Waals surface area contributed by atoms with Gasteiger partial charge in [-0.1, -0.05) is 30.3 Å². The highest BCUT2D eigenvalue weighted by Gasteiger charge is 2.12. The summed E-state index contributed by atoms with van der Waals surface area (Å²) in [5, 5.41) is 4.06. The van der Waals surface area contributed by atoms with E-state index in [1.54, 1.807) is 60.8 Å². The minimum absolute atomic E-state index is 0.200. The quantitative estimate of drug-likeness (QED) is 0.508. The van der Waals surface area contributed by atoms with E-state index < -0.39 is 10.0 Å². The molecule has 0 fully saturated rings. The molecule has 3 aromatic carbocycles. The fraction of sp³-hybridized carbons (Fsp3) is 0. The van der Waals surface area contributed by atoms with Gasteiger partial charge in [0, 0.05) is 5.69 Å². The molecule has 132 valence electrons. The molecule has 2 N–H and O–H groups in total. The number of nitrogens with one attached hydrogen (secondary N) is 2. The highest BCUT2D eigenvalue weighted by Crippen LogP contribution is 2.18. The zero-order valence-electron chi connectivity index (χ0n) is 13.6. The summed E-state index contributed by atoms with van der Waals surface area (Å²) in [6.45, 7) is 0. The summed E-state index contributed by atoms with van der Waals surface area (Å²) in [4.78, 5) is 0.200. The molecule has 0 aromatic heterocycles. The second-order valence-corrected chi connectivity index (χ2v) is 7.10. The zero-order valence-corrected chi connectivity index (χ0v) is 14.4. The van der Waals surface area contributed by atoms with Crippen LogP contribution in [0, 0.1) is 5.82 Å². The molecule has 0 amide bonds. The van der Waals surface area contributed by atoms with E-state index in [1.165, 1.54) is 24.3 Å². The molecule has 3 rings (SSSR count). The molecule has 0 bridgehead atoms. The maximum atomic E-state index is 12.8. The van der Waals surface area contributed by atoms with Crippen LogP contribution in [0.4, 0.5) is 15.8 Å². The topological polar surface area (TPSA) is 70.6 Å². The molecule has 3 aromatic rings. The number of benzene rings is 3. The second kappa shape index (κ2) is 7.79. The van der Waals surface area contributed by atoms with Crippen molar-refractivity contribution in [2.24, 2.45) is 5.10 Å². The molecule has 5 nitrogen and oxygen atoms in total. The first kappa shape index (κ1) is 17.6. The van der Waals surface area contributed by atoms with Crippen molar-refractivity contribution in [3.63, 3.8) is 0 Å². The Kier molecular flexibility index (Phi) is 5.28. The summed E-state index contributed by atoms with van der Waals surface area (Å²) in [6.07, 6.45) is 1.56. The van der Waals surface area contributed by atoms with E-state index in [4.69, 9.17) is 0 Å². The van der Waals surface area contributed by atoms with Gasteiger partial charge in [-0.25, -0.2) is 12.8 Å². The summed E-state index contributed by atoms with van der Waals surface area (Å²) in [5.74, 6) is -0.302. The average Bonchev–Trinajstić information content (AvgIpc) is 2.65. The maximum Gasteiger partial charge on any atom is 0.261 e. The molecule has 0 saturated carbocycles. The lowest BCUT2D eigenvalue weighted by molar-refractivity contribution is 0.601. The highest BCUT2D eigenvalue weighted by molar-refractivity contribution is 7.92. The largest absolute Gasteiger partial charge is 0.280 e. The van der Waals surface area contributed by atoms with Crippen molar-refractivity contribution in [1.82, 2.24) is 0 Å². The SMILES string of the molecule is O=S(=O)(Nc1ccc(N/N=C/c2ccc(F)cc2)cc1)c1ccccc1. The standard InChI is InChI=1S/C19H16FN3O2S/c20-16-8-6-15(7-9-16)14-21-22-17-10-12-18(13-11-17)23-26(24,25)19-4-2-1-3-5-19/h1-14,22-23H/b21-14+. The number of hydrogen-bond donors (Lipinski definition) is 2. The Morgan fingerprint density at radius 1 is 0.808 bits per heavy atom. The van der Waals surface area contributed by atoms with E-state index in [-0.39, 0.29) is 10.7 Å². The smallest absolute Gasteiger partial charge is 0.261 e. The number of rotatable bonds is 6. The van der Waals surface area contributed by atoms with Gasteiger partial charge in [-0.05, 0) is 54.1 Å². The number of hydrazone groups is 1. The minimum atomic E-state index is -3.61. The third-order valence-electron chi connectivity index (χ3n) is 3.47. The van der Waals surface area contributed by atoms with E-state index in [0.29, 0.717) is 11.4 Å². The van der Waals surface area contributed by atoms with Crippen molar-refractivity contribution >= 4 is 27.6 Å². The highest BCUT2D eigenvalue weighted by atomic mass is 32.2. The van der Waals surface area contributed by atoms with Crippen molar-refractivity contribution in [3.8, 4) is 0 Å². The van der Waals surface area contributed by atoms with Crippen LogP contribution in [0.15, 0.2) is 88.9 Å². The predicted octanol–water partition coefficient (Wildman–Crippen LogP) is 4.07. The fourth-order valence-electron chi connectivity index (χ4n) is 2.16. The van der Waals surface area contributed by atoms with E-state index in [2.05, 4.69) is 15.2 Å². The van der Waals surface area contributed by atoms with Crippen LogP contribution in [0.2, 0.25) is 0 Å². The lowest BCUT2D eigenvalue weighted by atomic mass is 10.2. The van der Waals surface area contributed by atoms with E-state index in [9.17, 15) is 12.8 Å². The molecule has 0 heterocycles. The Labute approximate surface area is 151 Å². The molecular formula is C19H16FN3O2S. The summed E-state index contributed by atoms with van der Waals surface area (Å²) in [7, 11) is -3.61. The first-order valence-corrected chi connectivity index (χ1v) is 9.24. The van der Waals surface area contributed by atoms with Crippen molar-refractivity contribution in [3.05, 3.63) is 90.2 Å². The van der Waals surface area contributed by atoms with Gasteiger partial charge < -0.3 is 0 Å². The van der Waals surface area contributed by atoms with E-state index in [1.807, 2.05) is 0 Å². The molecule has 0 atom stereocenters. The third-order valence-corrected chi connectivity index (χ3v) is 4.87. The Hall–Kier alpha value is -3.19. The molecule has 7 heteroatoms. The molecule has 0 spiro atoms. The predicted molar refractivity (Wildman–Crippen MR) is 101 cm³/mol. The Balaban J connectivity index is 1.62. The lowest BCUT2D eigenvalue weighted by Crippen LogP contribution is -2.12. The average molecular weight is 369 g/mol. The second-order valence-electron chi connectivity index (χ2n) is 5.42. The Morgan fingerprint density at radius 3 is 2.08 bits per heavy atom. The maximum absolute atomic E-state index is 12.8. The summed E-state index contributed by atoms with van der Waals surface area (Å²) < 4.78 is 39.9. The van der Waals surface area contributed by atoms with Gasteiger partial charge in [-0.2, -0.15) is 5.10 Å². The van der Waals surface area contributed by atoms with Gasteiger partial charge in [0.2, 0.25) is 0 Å². The van der Waals surface area contributed by atoms with Crippen LogP contribution in [0.3, 0.4) is 0 Å². The number of hydrogen-bond acceptors (Lipinski definition) is 4. The summed E-state index contributed by atoms with van der Waals surface area (Å²) in [6, 6.07) is 20.8. The van der Waals surface area contributed by atoms with Crippen LogP contribution in [0.25, 0.3) is 0 Å². The normalized spacial score (nSPS) is 11.4.